The van der Waals surface area contributed by atoms with Gasteiger partial charge in [0.25, 0.3) is 5.91 Å². The van der Waals surface area contributed by atoms with E-state index in [4.69, 9.17) is 9.47 Å². The number of amides is 1. The number of aldehydes is 1. The largest absolute Gasteiger partial charge is 0.486 e. The van der Waals surface area contributed by atoms with Crippen LogP contribution in [0.3, 0.4) is 0 Å². The highest BCUT2D eigenvalue weighted by Gasteiger charge is 2.18. The topological polar surface area (TPSA) is 55.8 Å². The maximum atomic E-state index is 12.1. The molecule has 96 valence electrons. The second-order valence-corrected chi connectivity index (χ2v) is 3.91. The van der Waals surface area contributed by atoms with Crippen LogP contribution in [0.5, 0.6) is 5.75 Å². The lowest BCUT2D eigenvalue weighted by atomic mass is 10.2. The van der Waals surface area contributed by atoms with E-state index in [0.717, 1.165) is 0 Å². The summed E-state index contributed by atoms with van der Waals surface area (Å²) < 4.78 is 10.3. The Hall–Kier alpha value is -1.88. The molecule has 0 saturated carbocycles. The summed E-state index contributed by atoms with van der Waals surface area (Å²) in [6, 6.07) is 6.80. The summed E-state index contributed by atoms with van der Waals surface area (Å²) in [5.74, 6) is 0.584. The molecule has 0 aromatic heterocycles. The van der Waals surface area contributed by atoms with Gasteiger partial charge >= 0.3 is 0 Å². The van der Waals surface area contributed by atoms with Gasteiger partial charge in [-0.05, 0) is 24.3 Å². The highest BCUT2D eigenvalue weighted by molar-refractivity contribution is 5.94. The van der Waals surface area contributed by atoms with E-state index < -0.39 is 0 Å². The molecule has 5 nitrogen and oxygen atoms in total. The lowest BCUT2D eigenvalue weighted by Gasteiger charge is -2.26. The second kappa shape index (κ2) is 6.16. The third kappa shape index (κ3) is 3.07. The Kier molecular flexibility index (Phi) is 4.30. The SMILES string of the molecule is O=CCOc1ccc(C(=O)N2CCOCC2)cc1. The first-order valence-electron chi connectivity index (χ1n) is 5.85. The maximum absolute atomic E-state index is 12.1. The van der Waals surface area contributed by atoms with Gasteiger partial charge in [-0.1, -0.05) is 0 Å². The first-order chi connectivity index (χ1) is 8.81. The smallest absolute Gasteiger partial charge is 0.254 e. The molecule has 1 aromatic carbocycles. The molecule has 0 atom stereocenters. The Labute approximate surface area is 105 Å². The Morgan fingerprint density at radius 3 is 2.56 bits per heavy atom. The van der Waals surface area contributed by atoms with Gasteiger partial charge in [0, 0.05) is 18.7 Å². The van der Waals surface area contributed by atoms with E-state index in [1.165, 1.54) is 0 Å². The van der Waals surface area contributed by atoms with Gasteiger partial charge in [0.1, 0.15) is 12.4 Å². The molecule has 1 aromatic rings. The Balaban J connectivity index is 1.99. The molecule has 5 heteroatoms. The van der Waals surface area contributed by atoms with E-state index >= 15 is 0 Å². The fourth-order valence-corrected chi connectivity index (χ4v) is 1.77. The standard InChI is InChI=1S/C13H15NO4/c15-7-10-18-12-3-1-11(2-4-12)13(16)14-5-8-17-9-6-14/h1-4,7H,5-6,8-10H2. The molecule has 1 amide bonds. The van der Waals surface area contributed by atoms with Crippen LogP contribution in [0.25, 0.3) is 0 Å². The number of morpholine rings is 1. The van der Waals surface area contributed by atoms with Crippen LogP contribution in [0.1, 0.15) is 10.4 Å². The summed E-state index contributed by atoms with van der Waals surface area (Å²) in [6.07, 6.45) is 0.687. The molecule has 1 aliphatic heterocycles. The lowest BCUT2D eigenvalue weighted by Crippen LogP contribution is -2.40. The van der Waals surface area contributed by atoms with Crippen LogP contribution >= 0.6 is 0 Å². The average molecular weight is 249 g/mol. The predicted octanol–water partition coefficient (Wildman–Crippen LogP) is 0.737. The Morgan fingerprint density at radius 1 is 1.28 bits per heavy atom. The number of benzene rings is 1. The first kappa shape index (κ1) is 12.6. The Bertz CT molecular complexity index is 410. The number of carbonyl (C=O) groups is 2. The van der Waals surface area contributed by atoms with E-state index in [2.05, 4.69) is 0 Å². The van der Waals surface area contributed by atoms with E-state index in [1.54, 1.807) is 29.2 Å². The zero-order chi connectivity index (χ0) is 12.8. The number of carbonyl (C=O) groups excluding carboxylic acids is 2. The van der Waals surface area contributed by atoms with Crippen molar-refractivity contribution in [3.8, 4) is 5.75 Å². The molecule has 0 unspecified atom stereocenters. The van der Waals surface area contributed by atoms with Gasteiger partial charge in [0.2, 0.25) is 0 Å². The third-order valence-corrected chi connectivity index (χ3v) is 2.72. The minimum atomic E-state index is 0.000220. The third-order valence-electron chi connectivity index (χ3n) is 2.72. The normalized spacial score (nSPS) is 15.2. The van der Waals surface area contributed by atoms with Crippen LogP contribution in [-0.4, -0.2) is 50.0 Å². The molecule has 0 aliphatic carbocycles. The van der Waals surface area contributed by atoms with Crippen molar-refractivity contribution in [2.24, 2.45) is 0 Å². The number of hydrogen-bond donors (Lipinski definition) is 0. The zero-order valence-corrected chi connectivity index (χ0v) is 10.0. The van der Waals surface area contributed by atoms with E-state index in [1.807, 2.05) is 0 Å². The number of nitrogens with zero attached hydrogens (tertiary/aromatic N) is 1. The summed E-state index contributed by atoms with van der Waals surface area (Å²) in [5.41, 5.74) is 0.621. The summed E-state index contributed by atoms with van der Waals surface area (Å²) in [6.45, 7) is 2.46. The predicted molar refractivity (Wildman–Crippen MR) is 64.7 cm³/mol. The van der Waals surface area contributed by atoms with Gasteiger partial charge in [-0.25, -0.2) is 0 Å². The van der Waals surface area contributed by atoms with Crippen LogP contribution in [0.2, 0.25) is 0 Å². The van der Waals surface area contributed by atoms with Crippen molar-refractivity contribution in [1.82, 2.24) is 4.90 Å². The second-order valence-electron chi connectivity index (χ2n) is 3.91. The highest BCUT2D eigenvalue weighted by atomic mass is 16.5. The summed E-state index contributed by atoms with van der Waals surface area (Å²) in [7, 11) is 0. The summed E-state index contributed by atoms with van der Waals surface area (Å²) in [4.78, 5) is 24.0. The van der Waals surface area contributed by atoms with Crippen molar-refractivity contribution in [3.63, 3.8) is 0 Å². The van der Waals surface area contributed by atoms with Gasteiger partial charge in [-0.15, -0.1) is 0 Å². The van der Waals surface area contributed by atoms with Crippen molar-refractivity contribution in [1.29, 1.82) is 0 Å². The van der Waals surface area contributed by atoms with Gasteiger partial charge < -0.3 is 14.4 Å². The summed E-state index contributed by atoms with van der Waals surface area (Å²) >= 11 is 0. The molecule has 1 aliphatic rings. The van der Waals surface area contributed by atoms with Crippen LogP contribution in [-0.2, 0) is 9.53 Å². The minimum Gasteiger partial charge on any atom is -0.486 e. The lowest BCUT2D eigenvalue weighted by molar-refractivity contribution is -0.109. The van der Waals surface area contributed by atoms with E-state index in [9.17, 15) is 9.59 Å². The van der Waals surface area contributed by atoms with Crippen LogP contribution in [0.4, 0.5) is 0 Å². The quantitative estimate of drug-likeness (QED) is 0.738. The zero-order valence-electron chi connectivity index (χ0n) is 10.0. The van der Waals surface area contributed by atoms with Gasteiger partial charge in [0.15, 0.2) is 6.29 Å². The minimum absolute atomic E-state index is 0.000220. The van der Waals surface area contributed by atoms with Crippen molar-refractivity contribution in [2.75, 3.05) is 32.9 Å². The van der Waals surface area contributed by atoms with Gasteiger partial charge in [0.05, 0.1) is 13.2 Å². The molecule has 0 spiro atoms. The van der Waals surface area contributed by atoms with Crippen molar-refractivity contribution >= 4 is 12.2 Å². The number of rotatable bonds is 4. The van der Waals surface area contributed by atoms with Crippen molar-refractivity contribution in [3.05, 3.63) is 29.8 Å². The average Bonchev–Trinajstić information content (AvgIpc) is 2.46. The monoisotopic (exact) mass is 249 g/mol. The molecule has 2 rings (SSSR count). The molecule has 0 bridgehead atoms. The fourth-order valence-electron chi connectivity index (χ4n) is 1.77. The van der Waals surface area contributed by atoms with Crippen LogP contribution in [0, 0.1) is 0 Å². The van der Waals surface area contributed by atoms with Crippen LogP contribution < -0.4 is 4.74 Å². The van der Waals surface area contributed by atoms with E-state index in [-0.39, 0.29) is 12.5 Å². The fraction of sp³-hybridized carbons (Fsp3) is 0.385. The highest BCUT2D eigenvalue weighted by Crippen LogP contribution is 2.14. The van der Waals surface area contributed by atoms with Crippen molar-refractivity contribution < 1.29 is 19.1 Å². The first-order valence-corrected chi connectivity index (χ1v) is 5.85. The summed E-state index contributed by atoms with van der Waals surface area (Å²) in [5, 5.41) is 0. The molecular weight excluding hydrogens is 234 g/mol. The molecule has 18 heavy (non-hydrogen) atoms. The molecular formula is C13H15NO4. The maximum Gasteiger partial charge on any atom is 0.254 e. The number of ether oxygens (including phenoxy) is 2. The van der Waals surface area contributed by atoms with Crippen LogP contribution in [0.15, 0.2) is 24.3 Å². The number of hydrogen-bond acceptors (Lipinski definition) is 4. The van der Waals surface area contributed by atoms with Gasteiger partial charge in [-0.3, -0.25) is 9.59 Å². The molecule has 0 N–H and O–H groups in total. The van der Waals surface area contributed by atoms with Gasteiger partial charge in [-0.2, -0.15) is 0 Å². The van der Waals surface area contributed by atoms with Crippen molar-refractivity contribution in [2.45, 2.75) is 0 Å². The Morgan fingerprint density at radius 2 is 1.94 bits per heavy atom. The molecule has 1 saturated heterocycles. The molecule has 1 heterocycles. The molecule has 0 radical (unpaired) electrons. The molecule has 1 fully saturated rings. The van der Waals surface area contributed by atoms with E-state index in [0.29, 0.717) is 43.9 Å².